The highest BCUT2D eigenvalue weighted by molar-refractivity contribution is 6.48. The first-order valence-corrected chi connectivity index (χ1v) is 8.10. The molecule has 0 amide bonds. The van der Waals surface area contributed by atoms with E-state index in [1.165, 1.54) is 0 Å². The zero-order valence-electron chi connectivity index (χ0n) is 14.9. The summed E-state index contributed by atoms with van der Waals surface area (Å²) in [7, 11) is -0.530. The summed E-state index contributed by atoms with van der Waals surface area (Å²) in [6, 6.07) is 3.86. The van der Waals surface area contributed by atoms with Gasteiger partial charge < -0.3 is 14.0 Å². The summed E-state index contributed by atoms with van der Waals surface area (Å²) in [5.74, 6) is -0.562. The Kier molecular flexibility index (Phi) is 5.16. The normalized spacial score (nSPS) is 20.3. The smallest absolute Gasteiger partial charge is 0.466 e. The van der Waals surface area contributed by atoms with Crippen LogP contribution in [0.25, 0.3) is 0 Å². The lowest BCUT2D eigenvalue weighted by atomic mass is 9.67. The SMILES string of the molecule is CCOC(=O)CC(B1OC(C)(C)C(C)(C)O1)c1ncccc1C. The molecule has 1 fully saturated rings. The summed E-state index contributed by atoms with van der Waals surface area (Å²) in [4.78, 5) is 16.5. The number of nitrogens with zero attached hydrogens (tertiary/aromatic N) is 1. The van der Waals surface area contributed by atoms with Crippen LogP contribution >= 0.6 is 0 Å². The van der Waals surface area contributed by atoms with Crippen LogP contribution in [-0.2, 0) is 18.8 Å². The van der Waals surface area contributed by atoms with Gasteiger partial charge in [0.2, 0.25) is 0 Å². The predicted octanol–water partition coefficient (Wildman–Crippen LogP) is 3.06. The molecule has 6 heteroatoms. The Morgan fingerprint density at radius 1 is 1.30 bits per heavy atom. The van der Waals surface area contributed by atoms with E-state index in [-0.39, 0.29) is 18.2 Å². The molecule has 1 atom stereocenters. The molecule has 0 aliphatic carbocycles. The number of carbonyl (C=O) groups is 1. The number of aryl methyl sites for hydroxylation is 1. The molecule has 0 spiro atoms. The summed E-state index contributed by atoms with van der Waals surface area (Å²) >= 11 is 0. The van der Waals surface area contributed by atoms with Gasteiger partial charge in [-0.15, -0.1) is 0 Å². The van der Waals surface area contributed by atoms with Crippen LogP contribution in [0.1, 0.15) is 58.1 Å². The van der Waals surface area contributed by atoms with Crippen molar-refractivity contribution in [2.45, 2.75) is 65.0 Å². The second-order valence-electron chi connectivity index (χ2n) is 6.95. The zero-order valence-corrected chi connectivity index (χ0v) is 14.9. The Morgan fingerprint density at radius 3 is 2.43 bits per heavy atom. The van der Waals surface area contributed by atoms with Crippen molar-refractivity contribution in [1.29, 1.82) is 0 Å². The Balaban J connectivity index is 2.32. The van der Waals surface area contributed by atoms with Crippen LogP contribution in [-0.4, -0.2) is 35.9 Å². The minimum atomic E-state index is -0.530. The fourth-order valence-electron chi connectivity index (χ4n) is 2.66. The van der Waals surface area contributed by atoms with E-state index in [1.807, 2.05) is 46.8 Å². The van der Waals surface area contributed by atoms with E-state index < -0.39 is 18.3 Å². The van der Waals surface area contributed by atoms with Crippen LogP contribution in [0, 0.1) is 6.92 Å². The zero-order chi connectivity index (χ0) is 17.3. The Bertz CT molecular complexity index is 557. The van der Waals surface area contributed by atoms with Gasteiger partial charge in [0.05, 0.1) is 24.2 Å². The van der Waals surface area contributed by atoms with E-state index >= 15 is 0 Å². The predicted molar refractivity (Wildman–Crippen MR) is 89.0 cm³/mol. The summed E-state index contributed by atoms with van der Waals surface area (Å²) in [6.07, 6.45) is 1.91. The third kappa shape index (κ3) is 3.75. The third-order valence-corrected chi connectivity index (χ3v) is 4.69. The summed E-state index contributed by atoms with van der Waals surface area (Å²) in [5.41, 5.74) is 0.927. The van der Waals surface area contributed by atoms with Gasteiger partial charge in [0, 0.05) is 17.7 Å². The lowest BCUT2D eigenvalue weighted by Crippen LogP contribution is -2.41. The van der Waals surface area contributed by atoms with Crippen molar-refractivity contribution in [2.24, 2.45) is 0 Å². The maximum atomic E-state index is 12.1. The molecule has 1 aromatic heterocycles. The molecule has 0 aromatic carbocycles. The first-order valence-electron chi connectivity index (χ1n) is 8.10. The monoisotopic (exact) mass is 319 g/mol. The Labute approximate surface area is 138 Å². The van der Waals surface area contributed by atoms with Gasteiger partial charge in [-0.05, 0) is 53.2 Å². The molecular weight excluding hydrogens is 293 g/mol. The number of carbonyl (C=O) groups excluding carboxylic acids is 1. The number of hydrogen-bond acceptors (Lipinski definition) is 5. The van der Waals surface area contributed by atoms with Gasteiger partial charge >= 0.3 is 13.1 Å². The van der Waals surface area contributed by atoms with Gasteiger partial charge in [-0.3, -0.25) is 9.78 Å². The van der Waals surface area contributed by atoms with Crippen molar-refractivity contribution in [2.75, 3.05) is 6.61 Å². The molecule has 1 aromatic rings. The minimum Gasteiger partial charge on any atom is -0.466 e. The Morgan fingerprint density at radius 2 is 1.91 bits per heavy atom. The maximum Gasteiger partial charge on any atom is 0.468 e. The number of aromatic nitrogens is 1. The minimum absolute atomic E-state index is 0.183. The molecule has 1 unspecified atom stereocenters. The van der Waals surface area contributed by atoms with E-state index in [1.54, 1.807) is 13.1 Å². The molecule has 0 radical (unpaired) electrons. The second kappa shape index (κ2) is 6.61. The summed E-state index contributed by atoms with van der Waals surface area (Å²) in [6.45, 7) is 12.1. The average molecular weight is 319 g/mol. The van der Waals surface area contributed by atoms with Crippen LogP contribution in [0.15, 0.2) is 18.3 Å². The highest BCUT2D eigenvalue weighted by Crippen LogP contribution is 2.41. The number of pyridine rings is 1. The van der Waals surface area contributed by atoms with Gasteiger partial charge in [0.25, 0.3) is 0 Å². The van der Waals surface area contributed by atoms with Crippen LogP contribution < -0.4 is 0 Å². The van der Waals surface area contributed by atoms with Crippen LogP contribution in [0.3, 0.4) is 0 Å². The number of esters is 1. The van der Waals surface area contributed by atoms with E-state index in [0.717, 1.165) is 11.3 Å². The van der Waals surface area contributed by atoms with Crippen LogP contribution in [0.2, 0.25) is 0 Å². The van der Waals surface area contributed by atoms with Crippen molar-refractivity contribution in [3.63, 3.8) is 0 Å². The molecule has 23 heavy (non-hydrogen) atoms. The molecule has 1 aliphatic heterocycles. The Hall–Kier alpha value is -1.40. The number of rotatable bonds is 5. The van der Waals surface area contributed by atoms with Gasteiger partial charge in [0.15, 0.2) is 0 Å². The largest absolute Gasteiger partial charge is 0.468 e. The third-order valence-electron chi connectivity index (χ3n) is 4.69. The number of ether oxygens (including phenoxy) is 1. The van der Waals surface area contributed by atoms with Gasteiger partial charge in [0.1, 0.15) is 0 Å². The highest BCUT2D eigenvalue weighted by Gasteiger charge is 2.54. The topological polar surface area (TPSA) is 57.7 Å². The molecule has 2 rings (SSSR count). The van der Waals surface area contributed by atoms with E-state index in [0.29, 0.717) is 6.61 Å². The van der Waals surface area contributed by atoms with E-state index in [9.17, 15) is 4.79 Å². The van der Waals surface area contributed by atoms with Gasteiger partial charge in [-0.2, -0.15) is 0 Å². The van der Waals surface area contributed by atoms with Crippen molar-refractivity contribution < 1.29 is 18.8 Å². The van der Waals surface area contributed by atoms with Crippen LogP contribution in [0.4, 0.5) is 0 Å². The maximum absolute atomic E-state index is 12.1. The average Bonchev–Trinajstić information content (AvgIpc) is 2.66. The fourth-order valence-corrected chi connectivity index (χ4v) is 2.66. The standard InChI is InChI=1S/C17H26BNO4/c1-7-21-14(20)11-13(15-12(2)9-8-10-19-15)18-22-16(3,4)17(5,6)23-18/h8-10,13H,7,11H2,1-6H3. The fraction of sp³-hybridized carbons (Fsp3) is 0.647. The lowest BCUT2D eigenvalue weighted by Gasteiger charge is -2.32. The second-order valence-corrected chi connectivity index (χ2v) is 6.95. The molecule has 1 aliphatic rings. The first kappa shape index (κ1) is 18.0. The molecule has 0 bridgehead atoms. The highest BCUT2D eigenvalue weighted by atomic mass is 16.7. The number of hydrogen-bond donors (Lipinski definition) is 0. The van der Waals surface area contributed by atoms with Crippen LogP contribution in [0.5, 0.6) is 0 Å². The molecule has 0 saturated carbocycles. The molecular formula is C17H26BNO4. The quantitative estimate of drug-likeness (QED) is 0.617. The van der Waals surface area contributed by atoms with Crippen molar-refractivity contribution in [3.8, 4) is 0 Å². The molecule has 1 saturated heterocycles. The molecule has 2 heterocycles. The summed E-state index contributed by atoms with van der Waals surface area (Å²) < 4.78 is 17.4. The van der Waals surface area contributed by atoms with Crippen molar-refractivity contribution >= 4 is 13.1 Å². The summed E-state index contributed by atoms with van der Waals surface area (Å²) in [5, 5.41) is 0. The molecule has 126 valence electrons. The lowest BCUT2D eigenvalue weighted by molar-refractivity contribution is -0.143. The van der Waals surface area contributed by atoms with E-state index in [2.05, 4.69) is 4.98 Å². The van der Waals surface area contributed by atoms with Gasteiger partial charge in [-0.1, -0.05) is 6.07 Å². The van der Waals surface area contributed by atoms with E-state index in [4.69, 9.17) is 14.0 Å². The van der Waals surface area contributed by atoms with Crippen molar-refractivity contribution in [1.82, 2.24) is 4.98 Å². The molecule has 0 N–H and O–H groups in total. The van der Waals surface area contributed by atoms with Crippen molar-refractivity contribution in [3.05, 3.63) is 29.6 Å². The first-order chi connectivity index (χ1) is 10.7. The molecule has 5 nitrogen and oxygen atoms in total. The van der Waals surface area contributed by atoms with Gasteiger partial charge in [-0.25, -0.2) is 0 Å².